The fourth-order valence-electron chi connectivity index (χ4n) is 1.42. The van der Waals surface area contributed by atoms with Crippen LogP contribution < -0.4 is 0 Å². The van der Waals surface area contributed by atoms with Gasteiger partial charge in [0.1, 0.15) is 16.9 Å². The molecule has 0 fully saturated rings. The van der Waals surface area contributed by atoms with Crippen LogP contribution >= 0.6 is 11.6 Å². The maximum atomic E-state index is 12.1. The van der Waals surface area contributed by atoms with Gasteiger partial charge in [0.05, 0.1) is 5.56 Å². The van der Waals surface area contributed by atoms with E-state index in [4.69, 9.17) is 16.9 Å². The molecule has 1 aromatic heterocycles. The van der Waals surface area contributed by atoms with Crippen LogP contribution in [0.4, 0.5) is 0 Å². The quantitative estimate of drug-likeness (QED) is 0.601. The van der Waals surface area contributed by atoms with E-state index in [1.54, 1.807) is 24.3 Å². The standard InChI is InChI=1S/C13H7ClN2O/c14-11-7-6-10(8-15)12(16-11)13(17)9-4-2-1-3-5-9/h1-7H. The van der Waals surface area contributed by atoms with Gasteiger partial charge in [0.2, 0.25) is 5.78 Å². The Bertz CT molecular complexity index is 603. The van der Waals surface area contributed by atoms with Crippen molar-refractivity contribution in [2.45, 2.75) is 0 Å². The van der Waals surface area contributed by atoms with Crippen molar-refractivity contribution in [2.75, 3.05) is 0 Å². The Morgan fingerprint density at radius 1 is 1.18 bits per heavy atom. The lowest BCUT2D eigenvalue weighted by atomic mass is 10.0. The zero-order valence-electron chi connectivity index (χ0n) is 8.72. The van der Waals surface area contributed by atoms with Gasteiger partial charge in [0, 0.05) is 5.56 Å². The number of nitrogens with zero attached hydrogens (tertiary/aromatic N) is 2. The van der Waals surface area contributed by atoms with Gasteiger partial charge >= 0.3 is 0 Å². The number of carbonyl (C=O) groups excluding carboxylic acids is 1. The maximum absolute atomic E-state index is 12.1. The smallest absolute Gasteiger partial charge is 0.212 e. The van der Waals surface area contributed by atoms with Gasteiger partial charge in [-0.25, -0.2) is 4.98 Å². The fourth-order valence-corrected chi connectivity index (χ4v) is 1.57. The van der Waals surface area contributed by atoms with Crippen LogP contribution in [0, 0.1) is 11.3 Å². The molecule has 0 saturated carbocycles. The summed E-state index contributed by atoms with van der Waals surface area (Å²) in [7, 11) is 0. The van der Waals surface area contributed by atoms with Gasteiger partial charge < -0.3 is 0 Å². The number of halogens is 1. The molecule has 0 spiro atoms. The van der Waals surface area contributed by atoms with Crippen LogP contribution in [0.2, 0.25) is 5.15 Å². The van der Waals surface area contributed by atoms with Gasteiger partial charge in [-0.3, -0.25) is 4.79 Å². The summed E-state index contributed by atoms with van der Waals surface area (Å²) >= 11 is 5.73. The average Bonchev–Trinajstić information content (AvgIpc) is 2.39. The summed E-state index contributed by atoms with van der Waals surface area (Å²) in [4.78, 5) is 16.0. The molecule has 0 unspecified atom stereocenters. The lowest BCUT2D eigenvalue weighted by molar-refractivity contribution is 0.103. The number of ketones is 1. The Hall–Kier alpha value is -2.18. The number of pyridine rings is 1. The number of hydrogen-bond donors (Lipinski definition) is 0. The van der Waals surface area contributed by atoms with E-state index in [0.717, 1.165) is 0 Å². The number of rotatable bonds is 2. The molecule has 3 nitrogen and oxygen atoms in total. The molecule has 0 aliphatic heterocycles. The van der Waals surface area contributed by atoms with Crippen LogP contribution in [0.5, 0.6) is 0 Å². The summed E-state index contributed by atoms with van der Waals surface area (Å²) in [5, 5.41) is 9.12. The zero-order valence-corrected chi connectivity index (χ0v) is 9.48. The lowest BCUT2D eigenvalue weighted by Gasteiger charge is -2.02. The SMILES string of the molecule is N#Cc1ccc(Cl)nc1C(=O)c1ccccc1. The number of hydrogen-bond acceptors (Lipinski definition) is 3. The molecule has 4 heteroatoms. The average molecular weight is 243 g/mol. The monoisotopic (exact) mass is 242 g/mol. The molecular formula is C13H7ClN2O. The Kier molecular flexibility index (Phi) is 3.17. The molecule has 0 aliphatic rings. The van der Waals surface area contributed by atoms with E-state index in [9.17, 15) is 4.79 Å². The number of benzene rings is 1. The molecule has 82 valence electrons. The predicted octanol–water partition coefficient (Wildman–Crippen LogP) is 2.84. The highest BCUT2D eigenvalue weighted by molar-refractivity contribution is 6.29. The van der Waals surface area contributed by atoms with Crippen molar-refractivity contribution in [3.05, 3.63) is 64.4 Å². The summed E-state index contributed by atoms with van der Waals surface area (Å²) in [6.07, 6.45) is 0. The van der Waals surface area contributed by atoms with E-state index < -0.39 is 0 Å². The van der Waals surface area contributed by atoms with Crippen molar-refractivity contribution in [3.8, 4) is 6.07 Å². The second-order valence-electron chi connectivity index (χ2n) is 3.34. The summed E-state index contributed by atoms with van der Waals surface area (Å²) < 4.78 is 0. The van der Waals surface area contributed by atoms with Crippen LogP contribution in [0.25, 0.3) is 0 Å². The second kappa shape index (κ2) is 4.77. The first kappa shape index (κ1) is 11.3. The molecule has 0 N–H and O–H groups in total. The largest absolute Gasteiger partial charge is 0.287 e. The Labute approximate surface area is 103 Å². The molecule has 0 radical (unpaired) electrons. The maximum Gasteiger partial charge on any atom is 0.212 e. The van der Waals surface area contributed by atoms with E-state index in [0.29, 0.717) is 5.56 Å². The lowest BCUT2D eigenvalue weighted by Crippen LogP contribution is -2.06. The van der Waals surface area contributed by atoms with E-state index >= 15 is 0 Å². The van der Waals surface area contributed by atoms with Crippen molar-refractivity contribution in [1.29, 1.82) is 5.26 Å². The van der Waals surface area contributed by atoms with Gasteiger partial charge in [-0.05, 0) is 12.1 Å². The third-order valence-electron chi connectivity index (χ3n) is 2.23. The highest BCUT2D eigenvalue weighted by Crippen LogP contribution is 2.15. The van der Waals surface area contributed by atoms with Crippen molar-refractivity contribution in [3.63, 3.8) is 0 Å². The van der Waals surface area contributed by atoms with E-state index in [2.05, 4.69) is 4.98 Å². The topological polar surface area (TPSA) is 53.8 Å². The molecule has 2 rings (SSSR count). The zero-order chi connectivity index (χ0) is 12.3. The summed E-state index contributed by atoms with van der Waals surface area (Å²) in [6.45, 7) is 0. The molecule has 0 atom stereocenters. The van der Waals surface area contributed by atoms with E-state index in [-0.39, 0.29) is 22.2 Å². The normalized spacial score (nSPS) is 9.65. The van der Waals surface area contributed by atoms with Crippen molar-refractivity contribution in [1.82, 2.24) is 4.98 Å². The summed E-state index contributed by atoms with van der Waals surface area (Å²) in [5.41, 5.74) is 0.799. The summed E-state index contributed by atoms with van der Waals surface area (Å²) in [6, 6.07) is 13.6. The van der Waals surface area contributed by atoms with E-state index in [1.807, 2.05) is 12.1 Å². The van der Waals surface area contributed by atoms with Crippen molar-refractivity contribution in [2.24, 2.45) is 0 Å². The Morgan fingerprint density at radius 2 is 1.88 bits per heavy atom. The minimum absolute atomic E-state index is 0.0891. The van der Waals surface area contributed by atoms with Gasteiger partial charge in [-0.1, -0.05) is 41.9 Å². The third kappa shape index (κ3) is 2.32. The minimum atomic E-state index is -0.301. The molecule has 2 aromatic rings. The number of carbonyl (C=O) groups is 1. The Balaban J connectivity index is 2.52. The van der Waals surface area contributed by atoms with Crippen LogP contribution in [0.15, 0.2) is 42.5 Å². The second-order valence-corrected chi connectivity index (χ2v) is 3.72. The number of aromatic nitrogens is 1. The first-order valence-electron chi connectivity index (χ1n) is 4.89. The molecule has 17 heavy (non-hydrogen) atoms. The molecule has 1 heterocycles. The van der Waals surface area contributed by atoms with Gasteiger partial charge in [0.25, 0.3) is 0 Å². The fraction of sp³-hybridized carbons (Fsp3) is 0. The molecular weight excluding hydrogens is 236 g/mol. The van der Waals surface area contributed by atoms with Gasteiger partial charge in [-0.2, -0.15) is 5.26 Å². The molecule has 0 aliphatic carbocycles. The third-order valence-corrected chi connectivity index (χ3v) is 2.44. The predicted molar refractivity (Wildman–Crippen MR) is 63.8 cm³/mol. The van der Waals surface area contributed by atoms with Crippen molar-refractivity contribution >= 4 is 17.4 Å². The van der Waals surface area contributed by atoms with Crippen LogP contribution in [-0.2, 0) is 0 Å². The van der Waals surface area contributed by atoms with Crippen LogP contribution in [0.1, 0.15) is 21.6 Å². The number of nitriles is 1. The highest BCUT2D eigenvalue weighted by atomic mass is 35.5. The van der Waals surface area contributed by atoms with Gasteiger partial charge in [0.15, 0.2) is 0 Å². The van der Waals surface area contributed by atoms with E-state index in [1.165, 1.54) is 12.1 Å². The molecule has 0 amide bonds. The minimum Gasteiger partial charge on any atom is -0.287 e. The van der Waals surface area contributed by atoms with Crippen molar-refractivity contribution < 1.29 is 4.79 Å². The molecule has 0 bridgehead atoms. The molecule has 1 aromatic carbocycles. The van der Waals surface area contributed by atoms with Crippen LogP contribution in [0.3, 0.4) is 0 Å². The molecule has 0 saturated heterocycles. The first-order valence-corrected chi connectivity index (χ1v) is 5.26. The highest BCUT2D eigenvalue weighted by Gasteiger charge is 2.15. The first-order chi connectivity index (χ1) is 8.22. The Morgan fingerprint density at radius 3 is 2.53 bits per heavy atom. The summed E-state index contributed by atoms with van der Waals surface area (Å²) in [5.74, 6) is -0.301. The van der Waals surface area contributed by atoms with Crippen LogP contribution in [-0.4, -0.2) is 10.8 Å². The van der Waals surface area contributed by atoms with Gasteiger partial charge in [-0.15, -0.1) is 0 Å².